The van der Waals surface area contributed by atoms with Crippen molar-refractivity contribution < 1.29 is 28.5 Å². The standard InChI is InChI=1S/C27H31N5O6/c1-16-19(30-15-29-16)11-32-12-20-25(13-32)38-22-6-4-17(8-23(22)36-3)10-28-26(33)14-37-24-9-18(27(34)31-20)5-7-21(24)35-2/h4-9,15,20,25H,10-14H2,1-3H3,(H,28,33)(H,29,30)(H,31,34)/t20-,25-/m0/s1. The van der Waals surface area contributed by atoms with E-state index in [1.165, 1.54) is 7.11 Å². The van der Waals surface area contributed by atoms with E-state index in [2.05, 4.69) is 25.5 Å². The van der Waals surface area contributed by atoms with Crippen molar-refractivity contribution in [2.45, 2.75) is 32.2 Å². The van der Waals surface area contributed by atoms with E-state index in [0.717, 1.165) is 17.0 Å². The molecule has 0 spiro atoms. The molecular weight excluding hydrogens is 490 g/mol. The van der Waals surface area contributed by atoms with Crippen molar-refractivity contribution in [3.8, 4) is 23.0 Å². The topological polar surface area (TPSA) is 127 Å². The maximum atomic E-state index is 13.4. The number of likely N-dealkylation sites (tertiary alicyclic amines) is 1. The van der Waals surface area contributed by atoms with Gasteiger partial charge in [-0.25, -0.2) is 4.98 Å². The summed E-state index contributed by atoms with van der Waals surface area (Å²) >= 11 is 0. The first-order valence-corrected chi connectivity index (χ1v) is 12.4. The largest absolute Gasteiger partial charge is 0.493 e. The van der Waals surface area contributed by atoms with E-state index in [9.17, 15) is 9.59 Å². The average molecular weight is 522 g/mol. The minimum atomic E-state index is -0.345. The number of nitrogens with zero attached hydrogens (tertiary/aromatic N) is 2. The van der Waals surface area contributed by atoms with Gasteiger partial charge in [-0.2, -0.15) is 0 Å². The Balaban J connectivity index is 1.47. The molecule has 2 atom stereocenters. The van der Waals surface area contributed by atoms with E-state index in [1.54, 1.807) is 31.6 Å². The van der Waals surface area contributed by atoms with Crippen molar-refractivity contribution in [3.05, 3.63) is 65.2 Å². The highest BCUT2D eigenvalue weighted by Gasteiger charge is 2.37. The molecule has 0 aliphatic carbocycles. The van der Waals surface area contributed by atoms with Crippen molar-refractivity contribution >= 4 is 11.8 Å². The summed E-state index contributed by atoms with van der Waals surface area (Å²) in [4.78, 5) is 35.5. The molecule has 3 N–H and O–H groups in total. The molecule has 4 heterocycles. The summed E-state index contributed by atoms with van der Waals surface area (Å²) in [6, 6.07) is 10.1. The number of aromatic nitrogens is 2. The second-order valence-electron chi connectivity index (χ2n) is 9.32. The molecule has 4 bridgehead atoms. The Morgan fingerprint density at radius 3 is 2.66 bits per heavy atom. The highest BCUT2D eigenvalue weighted by molar-refractivity contribution is 5.95. The number of hydrogen-bond donors (Lipinski definition) is 3. The highest BCUT2D eigenvalue weighted by Crippen LogP contribution is 2.32. The first kappa shape index (κ1) is 25.4. The van der Waals surface area contributed by atoms with E-state index in [-0.39, 0.29) is 30.6 Å². The Bertz CT molecular complexity index is 1330. The van der Waals surface area contributed by atoms with E-state index >= 15 is 0 Å². The SMILES string of the molecule is COc1ccc2cc1OCC(=O)NCc1ccc(c(OC)c1)O[C@H]1CN(Cc3nc[nH]c3C)C[C@@H]1NC2=O. The number of aromatic amines is 1. The first-order chi connectivity index (χ1) is 18.4. The highest BCUT2D eigenvalue weighted by atomic mass is 16.5. The number of nitrogens with one attached hydrogen (secondary N) is 3. The van der Waals surface area contributed by atoms with Crippen LogP contribution >= 0.6 is 0 Å². The van der Waals surface area contributed by atoms with Gasteiger partial charge in [-0.3, -0.25) is 14.5 Å². The third-order valence-corrected chi connectivity index (χ3v) is 6.75. The molecule has 0 radical (unpaired) electrons. The number of fused-ring (bicyclic) bond motifs is 7. The number of carbonyl (C=O) groups excluding carboxylic acids is 2. The van der Waals surface area contributed by atoms with Crippen LogP contribution in [0.2, 0.25) is 0 Å². The van der Waals surface area contributed by atoms with Crippen molar-refractivity contribution in [2.24, 2.45) is 0 Å². The molecule has 0 unspecified atom stereocenters. The molecule has 3 aromatic rings. The lowest BCUT2D eigenvalue weighted by Gasteiger charge is -2.23. The van der Waals surface area contributed by atoms with Gasteiger partial charge in [-0.15, -0.1) is 0 Å². The smallest absolute Gasteiger partial charge is 0.258 e. The first-order valence-electron chi connectivity index (χ1n) is 12.4. The van der Waals surface area contributed by atoms with Gasteiger partial charge in [0.25, 0.3) is 11.8 Å². The Kier molecular flexibility index (Phi) is 7.36. The third-order valence-electron chi connectivity index (χ3n) is 6.75. The summed E-state index contributed by atoms with van der Waals surface area (Å²) in [5.41, 5.74) is 3.18. The monoisotopic (exact) mass is 521 g/mol. The molecule has 11 heteroatoms. The summed E-state index contributed by atoms with van der Waals surface area (Å²) in [7, 11) is 3.08. The normalized spacial score (nSPS) is 20.0. The van der Waals surface area contributed by atoms with Crippen LogP contribution < -0.4 is 29.6 Å². The number of ether oxygens (including phenoxy) is 4. The Hall–Kier alpha value is -4.25. The fourth-order valence-electron chi connectivity index (χ4n) is 4.66. The van der Waals surface area contributed by atoms with Gasteiger partial charge in [-0.05, 0) is 42.8 Å². The van der Waals surface area contributed by atoms with Gasteiger partial charge in [0.15, 0.2) is 29.6 Å². The number of imidazole rings is 1. The van der Waals surface area contributed by atoms with Gasteiger partial charge in [-0.1, -0.05) is 6.07 Å². The van der Waals surface area contributed by atoms with Crippen LogP contribution in [0.1, 0.15) is 27.3 Å². The fourth-order valence-corrected chi connectivity index (χ4v) is 4.66. The second kappa shape index (κ2) is 11.0. The van der Waals surface area contributed by atoms with Crippen LogP contribution in [0.4, 0.5) is 0 Å². The van der Waals surface area contributed by atoms with Crippen molar-refractivity contribution in [3.63, 3.8) is 0 Å². The number of carbonyl (C=O) groups is 2. The van der Waals surface area contributed by atoms with Crippen molar-refractivity contribution in [2.75, 3.05) is 33.9 Å². The lowest BCUT2D eigenvalue weighted by Crippen LogP contribution is -2.45. The minimum Gasteiger partial charge on any atom is -0.493 e. The number of aryl methyl sites for hydroxylation is 1. The molecule has 1 fully saturated rings. The van der Waals surface area contributed by atoms with Crippen molar-refractivity contribution in [1.82, 2.24) is 25.5 Å². The number of H-pyrrole nitrogens is 1. The van der Waals surface area contributed by atoms with Gasteiger partial charge in [0, 0.05) is 37.4 Å². The zero-order chi connectivity index (χ0) is 26.6. The minimum absolute atomic E-state index is 0.230. The molecule has 2 aromatic carbocycles. The second-order valence-corrected chi connectivity index (χ2v) is 9.32. The molecule has 200 valence electrons. The lowest BCUT2D eigenvalue weighted by molar-refractivity contribution is -0.123. The fraction of sp³-hybridized carbons (Fsp3) is 0.370. The molecular formula is C27H31N5O6. The van der Waals surface area contributed by atoms with Gasteiger partial charge >= 0.3 is 0 Å². The van der Waals surface area contributed by atoms with Crippen molar-refractivity contribution in [1.29, 1.82) is 0 Å². The van der Waals surface area contributed by atoms with Crippen LogP contribution in [-0.4, -0.2) is 72.7 Å². The summed E-state index contributed by atoms with van der Waals surface area (Å²) < 4.78 is 23.1. The molecule has 0 saturated carbocycles. The molecule has 3 aliphatic heterocycles. The van der Waals surface area contributed by atoms with E-state index in [4.69, 9.17) is 18.9 Å². The zero-order valence-corrected chi connectivity index (χ0v) is 21.6. The van der Waals surface area contributed by atoms with Crippen LogP contribution in [0, 0.1) is 6.92 Å². The Morgan fingerprint density at radius 1 is 1.05 bits per heavy atom. The van der Waals surface area contributed by atoms with Gasteiger partial charge in [0.1, 0.15) is 6.10 Å². The summed E-state index contributed by atoms with van der Waals surface area (Å²) in [5, 5.41) is 5.96. The average Bonchev–Trinajstić information content (AvgIpc) is 3.50. The number of amides is 2. The Morgan fingerprint density at radius 2 is 1.89 bits per heavy atom. The van der Waals surface area contributed by atoms with E-state index < -0.39 is 0 Å². The van der Waals surface area contributed by atoms with Gasteiger partial charge < -0.3 is 34.6 Å². The molecule has 3 aliphatic rings. The zero-order valence-electron chi connectivity index (χ0n) is 21.6. The van der Waals surface area contributed by atoms with E-state index in [0.29, 0.717) is 54.7 Å². The van der Waals surface area contributed by atoms with Gasteiger partial charge in [0.05, 0.1) is 32.3 Å². The van der Waals surface area contributed by atoms with Crippen LogP contribution in [-0.2, 0) is 17.9 Å². The molecule has 2 amide bonds. The maximum Gasteiger partial charge on any atom is 0.258 e. The summed E-state index contributed by atoms with van der Waals surface area (Å²) in [5.74, 6) is 1.23. The lowest BCUT2D eigenvalue weighted by atomic mass is 10.1. The molecule has 1 aromatic heterocycles. The predicted octanol–water partition coefficient (Wildman–Crippen LogP) is 1.81. The molecule has 1 saturated heterocycles. The summed E-state index contributed by atoms with van der Waals surface area (Å²) in [6.45, 7) is 3.82. The maximum absolute atomic E-state index is 13.4. The molecule has 6 rings (SSSR count). The molecule has 11 nitrogen and oxygen atoms in total. The number of hydrogen-bond acceptors (Lipinski definition) is 8. The van der Waals surface area contributed by atoms with E-state index in [1.807, 2.05) is 25.1 Å². The number of rotatable bonds is 4. The van der Waals surface area contributed by atoms with Crippen LogP contribution in [0.5, 0.6) is 23.0 Å². The van der Waals surface area contributed by atoms with Gasteiger partial charge in [0.2, 0.25) is 0 Å². The number of benzene rings is 2. The quantitative estimate of drug-likeness (QED) is 0.475. The van der Waals surface area contributed by atoms with Crippen LogP contribution in [0.3, 0.4) is 0 Å². The third kappa shape index (κ3) is 5.52. The number of methoxy groups -OCH3 is 2. The molecule has 38 heavy (non-hydrogen) atoms. The predicted molar refractivity (Wildman–Crippen MR) is 138 cm³/mol. The van der Waals surface area contributed by atoms with Crippen LogP contribution in [0.25, 0.3) is 0 Å². The Labute approximate surface area is 220 Å². The summed E-state index contributed by atoms with van der Waals surface area (Å²) in [6.07, 6.45) is 1.34. The van der Waals surface area contributed by atoms with Crippen LogP contribution in [0.15, 0.2) is 42.7 Å².